The van der Waals surface area contributed by atoms with Crippen molar-refractivity contribution >= 4 is 0 Å². The summed E-state index contributed by atoms with van der Waals surface area (Å²) in [5.74, 6) is -0.148. The molecule has 2 rings (SSSR count). The summed E-state index contributed by atoms with van der Waals surface area (Å²) in [6, 6.07) is 7.00. The van der Waals surface area contributed by atoms with Crippen molar-refractivity contribution in [2.45, 2.75) is 37.7 Å². The lowest BCUT2D eigenvalue weighted by Crippen LogP contribution is -2.57. The first-order valence-electron chi connectivity index (χ1n) is 6.49. The van der Waals surface area contributed by atoms with E-state index in [0.29, 0.717) is 0 Å². The largest absolute Gasteiger partial charge is 0.379 e. The molecule has 0 aromatic heterocycles. The van der Waals surface area contributed by atoms with Crippen molar-refractivity contribution < 1.29 is 9.13 Å². The number of benzene rings is 1. The molecule has 0 aliphatic carbocycles. The molecule has 1 aliphatic rings. The maximum Gasteiger partial charge on any atom is 0.123 e. The van der Waals surface area contributed by atoms with Crippen molar-refractivity contribution in [1.29, 1.82) is 0 Å². The molecule has 1 aromatic rings. The zero-order valence-corrected chi connectivity index (χ0v) is 11.4. The van der Waals surface area contributed by atoms with Crippen LogP contribution in [0.25, 0.3) is 0 Å². The van der Waals surface area contributed by atoms with Gasteiger partial charge in [0.05, 0.1) is 5.60 Å². The van der Waals surface area contributed by atoms with Crippen molar-refractivity contribution in [2.75, 3.05) is 20.2 Å². The quantitative estimate of drug-likeness (QED) is 0.869. The minimum Gasteiger partial charge on any atom is -0.379 e. The third kappa shape index (κ3) is 2.73. The number of nitrogens with one attached hydrogen (secondary N) is 1. The summed E-state index contributed by atoms with van der Waals surface area (Å²) < 4.78 is 18.8. The Balaban J connectivity index is 2.12. The Morgan fingerprint density at radius 2 is 2.11 bits per heavy atom. The Morgan fingerprint density at radius 1 is 1.39 bits per heavy atom. The second kappa shape index (κ2) is 4.98. The fourth-order valence-electron chi connectivity index (χ4n) is 2.41. The highest BCUT2D eigenvalue weighted by atomic mass is 19.1. The predicted octanol–water partition coefficient (Wildman–Crippen LogP) is 2.87. The number of hydrogen-bond acceptors (Lipinski definition) is 2. The van der Waals surface area contributed by atoms with Gasteiger partial charge in [0.2, 0.25) is 0 Å². The molecule has 100 valence electrons. The molecule has 0 unspecified atom stereocenters. The van der Waals surface area contributed by atoms with Crippen LogP contribution in [0, 0.1) is 5.82 Å². The molecule has 0 saturated carbocycles. The van der Waals surface area contributed by atoms with Crippen LogP contribution in [0.5, 0.6) is 0 Å². The predicted molar refractivity (Wildman–Crippen MR) is 71.3 cm³/mol. The summed E-state index contributed by atoms with van der Waals surface area (Å²) in [4.78, 5) is 0. The van der Waals surface area contributed by atoms with Gasteiger partial charge in [0.15, 0.2) is 0 Å². The van der Waals surface area contributed by atoms with Gasteiger partial charge in [-0.2, -0.15) is 0 Å². The fraction of sp³-hybridized carbons (Fsp3) is 0.600. The standard InChI is InChI=1S/C15H22FNO/c1-14(2,18-3)7-8-15(10-17-11-15)12-5-4-6-13(16)9-12/h4-6,9,17H,7-8,10-11H2,1-3H3. The SMILES string of the molecule is COC(C)(C)CCC1(c2cccc(F)c2)CNC1. The molecule has 1 saturated heterocycles. The Labute approximate surface area is 109 Å². The minimum absolute atomic E-state index is 0.0813. The summed E-state index contributed by atoms with van der Waals surface area (Å²) in [5, 5.41) is 3.31. The number of methoxy groups -OCH3 is 1. The average molecular weight is 251 g/mol. The first-order chi connectivity index (χ1) is 8.47. The molecule has 0 radical (unpaired) electrons. The molecule has 0 atom stereocenters. The lowest BCUT2D eigenvalue weighted by molar-refractivity contribution is 0.00565. The molecular formula is C15H22FNO. The van der Waals surface area contributed by atoms with Gasteiger partial charge < -0.3 is 10.1 Å². The first kappa shape index (κ1) is 13.5. The number of ether oxygens (including phenoxy) is 1. The molecule has 0 spiro atoms. The van der Waals surface area contributed by atoms with Crippen LogP contribution >= 0.6 is 0 Å². The van der Waals surface area contributed by atoms with E-state index in [4.69, 9.17) is 4.74 Å². The van der Waals surface area contributed by atoms with Crippen molar-refractivity contribution in [3.63, 3.8) is 0 Å². The molecule has 18 heavy (non-hydrogen) atoms. The van der Waals surface area contributed by atoms with Gasteiger partial charge in [0, 0.05) is 25.6 Å². The fourth-order valence-corrected chi connectivity index (χ4v) is 2.41. The van der Waals surface area contributed by atoms with Crippen LogP contribution in [0.2, 0.25) is 0 Å². The molecule has 2 nitrogen and oxygen atoms in total. The Bertz CT molecular complexity index is 413. The van der Waals surface area contributed by atoms with E-state index in [1.807, 2.05) is 6.07 Å². The molecule has 3 heteroatoms. The molecule has 1 aromatic carbocycles. The van der Waals surface area contributed by atoms with Crippen molar-refractivity contribution in [1.82, 2.24) is 5.32 Å². The smallest absolute Gasteiger partial charge is 0.123 e. The van der Waals surface area contributed by atoms with Gasteiger partial charge in [-0.1, -0.05) is 12.1 Å². The second-order valence-corrected chi connectivity index (χ2v) is 5.86. The molecule has 1 fully saturated rings. The molecule has 0 bridgehead atoms. The third-order valence-electron chi connectivity index (χ3n) is 4.12. The zero-order valence-electron chi connectivity index (χ0n) is 11.4. The van der Waals surface area contributed by atoms with Crippen LogP contribution < -0.4 is 5.32 Å². The normalized spacial score (nSPS) is 18.4. The van der Waals surface area contributed by atoms with Gasteiger partial charge >= 0.3 is 0 Å². The van der Waals surface area contributed by atoms with Gasteiger partial charge in [-0.15, -0.1) is 0 Å². The van der Waals surface area contributed by atoms with E-state index >= 15 is 0 Å². The number of rotatable bonds is 5. The summed E-state index contributed by atoms with van der Waals surface area (Å²) >= 11 is 0. The van der Waals surface area contributed by atoms with Crippen LogP contribution in [-0.2, 0) is 10.2 Å². The van der Waals surface area contributed by atoms with Crippen LogP contribution in [0.1, 0.15) is 32.3 Å². The summed E-state index contributed by atoms with van der Waals surface area (Å²) in [7, 11) is 1.74. The van der Waals surface area contributed by atoms with Crippen LogP contribution in [0.3, 0.4) is 0 Å². The topological polar surface area (TPSA) is 21.3 Å². The van der Waals surface area contributed by atoms with E-state index < -0.39 is 0 Å². The molecule has 1 N–H and O–H groups in total. The van der Waals surface area contributed by atoms with Crippen LogP contribution in [-0.4, -0.2) is 25.8 Å². The summed E-state index contributed by atoms with van der Waals surface area (Å²) in [6.45, 7) is 6.04. The van der Waals surface area contributed by atoms with E-state index in [2.05, 4.69) is 19.2 Å². The third-order valence-corrected chi connectivity index (χ3v) is 4.12. The van der Waals surface area contributed by atoms with Crippen molar-refractivity contribution in [2.24, 2.45) is 0 Å². The van der Waals surface area contributed by atoms with Gasteiger partial charge in [0.25, 0.3) is 0 Å². The maximum absolute atomic E-state index is 13.4. The highest BCUT2D eigenvalue weighted by Gasteiger charge is 2.39. The second-order valence-electron chi connectivity index (χ2n) is 5.86. The summed E-state index contributed by atoms with van der Waals surface area (Å²) in [5.41, 5.74) is 1.07. The lowest BCUT2D eigenvalue weighted by Gasteiger charge is -2.45. The Kier molecular flexibility index (Phi) is 3.74. The lowest BCUT2D eigenvalue weighted by atomic mass is 9.70. The molecule has 1 heterocycles. The van der Waals surface area contributed by atoms with Gasteiger partial charge in [-0.3, -0.25) is 0 Å². The van der Waals surface area contributed by atoms with Crippen LogP contribution in [0.15, 0.2) is 24.3 Å². The Hall–Kier alpha value is -0.930. The van der Waals surface area contributed by atoms with Crippen LogP contribution in [0.4, 0.5) is 4.39 Å². The van der Waals surface area contributed by atoms with Gasteiger partial charge in [0.1, 0.15) is 5.82 Å². The monoisotopic (exact) mass is 251 g/mol. The van der Waals surface area contributed by atoms with Crippen molar-refractivity contribution in [3.8, 4) is 0 Å². The average Bonchev–Trinajstić information content (AvgIpc) is 2.28. The highest BCUT2D eigenvalue weighted by Crippen LogP contribution is 2.36. The van der Waals surface area contributed by atoms with Gasteiger partial charge in [-0.25, -0.2) is 4.39 Å². The number of halogens is 1. The maximum atomic E-state index is 13.4. The minimum atomic E-state index is -0.148. The molecular weight excluding hydrogens is 229 g/mol. The highest BCUT2D eigenvalue weighted by molar-refractivity contribution is 5.30. The van der Waals surface area contributed by atoms with Crippen molar-refractivity contribution in [3.05, 3.63) is 35.6 Å². The molecule has 0 amide bonds. The Morgan fingerprint density at radius 3 is 2.61 bits per heavy atom. The van der Waals surface area contributed by atoms with Gasteiger partial charge in [-0.05, 0) is 44.4 Å². The summed E-state index contributed by atoms with van der Waals surface area (Å²) in [6.07, 6.45) is 1.99. The van der Waals surface area contributed by atoms with E-state index in [0.717, 1.165) is 31.5 Å². The van der Waals surface area contributed by atoms with E-state index in [1.54, 1.807) is 19.2 Å². The zero-order chi connectivity index (χ0) is 13.2. The molecule has 1 aliphatic heterocycles. The van der Waals surface area contributed by atoms with E-state index in [-0.39, 0.29) is 16.8 Å². The first-order valence-corrected chi connectivity index (χ1v) is 6.49. The van der Waals surface area contributed by atoms with E-state index in [1.165, 1.54) is 6.07 Å². The number of hydrogen-bond donors (Lipinski definition) is 1. The van der Waals surface area contributed by atoms with E-state index in [9.17, 15) is 4.39 Å².